The van der Waals surface area contributed by atoms with Gasteiger partial charge in [0.25, 0.3) is 17.7 Å². The summed E-state index contributed by atoms with van der Waals surface area (Å²) < 4.78 is 4.90. The van der Waals surface area contributed by atoms with E-state index < -0.39 is 24.0 Å². The highest BCUT2D eigenvalue weighted by atomic mass is 79.9. The van der Waals surface area contributed by atoms with Gasteiger partial charge in [0.1, 0.15) is 29.1 Å². The standard InChI is InChI=1S/C18H23N3O3.C14H15N3O3.C13H13N3O3.C6H11BrO2.2CO2/c1-18(2,3)10-19-13-6-4-5-11-12(13)9-21(17(11)24)14-7-8-15(22)20-16(14)23;1-15-10-4-2-3-8-9(10)7-17(14(8)20)11-5-6-12(18)16-13(11)19;14-9-3-1-2-7-8(9)6-16(13(7)19)10-4-5-11(17)15-12(10)18;1-6(2,3)9-5(8)4-7;2*2-1-3/h4-6,14,19H,7-10H2,1-3H3,(H,20,22,23);2-4,11,15H,5-7H2,1H3,(H,16,18,19);1-3,10H,4-6,14H2,(H,15,17,18);4H2,1-3H3;;. The number of amides is 9. The molecule has 416 valence electrons. The molecule has 3 aromatic rings. The summed E-state index contributed by atoms with van der Waals surface area (Å²) in [4.78, 5) is 155. The number of carbonyl (C=O) groups excluding carboxylic acids is 14. The summed E-state index contributed by atoms with van der Waals surface area (Å²) in [6.07, 6.45) is 2.44. The molecule has 3 aromatic carbocycles. The first-order chi connectivity index (χ1) is 36.7. The number of anilines is 3. The number of nitrogens with two attached hydrogens (primary N) is 1. The zero-order chi connectivity index (χ0) is 58.2. The molecule has 0 aliphatic carbocycles. The van der Waals surface area contributed by atoms with Gasteiger partial charge in [0.05, 0.1) is 0 Å². The molecule has 3 atom stereocenters. The number of ether oxygens (including phenoxy) is 1. The van der Waals surface area contributed by atoms with Crippen molar-refractivity contribution >= 4 is 104 Å². The predicted molar refractivity (Wildman–Crippen MR) is 279 cm³/mol. The Morgan fingerprint density at radius 2 is 0.949 bits per heavy atom. The van der Waals surface area contributed by atoms with Gasteiger partial charge in [0.15, 0.2) is 0 Å². The number of nitrogens with one attached hydrogen (secondary N) is 5. The van der Waals surface area contributed by atoms with E-state index in [0.29, 0.717) is 61.3 Å². The number of imide groups is 3. The third kappa shape index (κ3) is 16.3. The monoisotopic (exact) mass is 1140 g/mol. The zero-order valence-corrected chi connectivity index (χ0v) is 45.7. The van der Waals surface area contributed by atoms with E-state index in [2.05, 4.69) is 63.3 Å². The Labute approximate surface area is 457 Å². The van der Waals surface area contributed by atoms with Gasteiger partial charge in [-0.15, -0.1) is 0 Å². The van der Waals surface area contributed by atoms with Crippen molar-refractivity contribution in [2.45, 2.75) is 123 Å². The fourth-order valence-electron chi connectivity index (χ4n) is 8.91. The van der Waals surface area contributed by atoms with Crippen molar-refractivity contribution in [2.75, 3.05) is 35.3 Å². The lowest BCUT2D eigenvalue weighted by atomic mass is 9.96. The molecule has 6 aliphatic rings. The predicted octanol–water partition coefficient (Wildman–Crippen LogP) is 2.98. The number of piperidine rings is 3. The fraction of sp³-hybridized carbons (Fsp3) is 0.434. The molecule has 7 N–H and O–H groups in total. The Kier molecular flexibility index (Phi) is 22.0. The van der Waals surface area contributed by atoms with Crippen molar-refractivity contribution in [1.82, 2.24) is 30.7 Å². The summed E-state index contributed by atoms with van der Waals surface area (Å²) in [5, 5.41) is 13.6. The number of hydrogen-bond donors (Lipinski definition) is 6. The number of halogens is 1. The Morgan fingerprint density at radius 1 is 0.603 bits per heavy atom. The number of benzene rings is 3. The van der Waals surface area contributed by atoms with E-state index in [1.54, 1.807) is 47.2 Å². The summed E-state index contributed by atoms with van der Waals surface area (Å²) >= 11 is 2.99. The first-order valence-electron chi connectivity index (χ1n) is 24.5. The van der Waals surface area contributed by atoms with Crippen molar-refractivity contribution in [3.05, 3.63) is 88.0 Å². The van der Waals surface area contributed by atoms with Gasteiger partial charge in [-0.3, -0.25) is 63.9 Å². The van der Waals surface area contributed by atoms with Crippen molar-refractivity contribution in [3.8, 4) is 0 Å². The van der Waals surface area contributed by atoms with Gasteiger partial charge in [-0.25, -0.2) is 0 Å². The van der Waals surface area contributed by atoms with E-state index >= 15 is 0 Å². The molecule has 78 heavy (non-hydrogen) atoms. The second-order valence-electron chi connectivity index (χ2n) is 20.3. The fourth-order valence-corrected chi connectivity index (χ4v) is 9.02. The number of alkyl halides is 1. The van der Waals surface area contributed by atoms with Gasteiger partial charge in [-0.05, 0) is 81.8 Å². The molecule has 0 radical (unpaired) electrons. The maximum Gasteiger partial charge on any atom is 0.373 e. The van der Waals surface area contributed by atoms with E-state index in [-0.39, 0.29) is 101 Å². The van der Waals surface area contributed by atoms with Gasteiger partial charge < -0.3 is 35.8 Å². The molecule has 3 unspecified atom stereocenters. The largest absolute Gasteiger partial charge is 0.459 e. The highest BCUT2D eigenvalue weighted by Gasteiger charge is 2.42. The Hall–Kier alpha value is -8.40. The average molecular weight is 1150 g/mol. The van der Waals surface area contributed by atoms with Crippen molar-refractivity contribution in [1.29, 1.82) is 0 Å². The van der Waals surface area contributed by atoms with Crippen LogP contribution in [-0.4, -0.2) is 129 Å². The van der Waals surface area contributed by atoms with E-state index in [9.17, 15) is 47.9 Å². The molecule has 0 bridgehead atoms. The van der Waals surface area contributed by atoms with Crippen LogP contribution in [-0.2, 0) is 77.1 Å². The van der Waals surface area contributed by atoms with Crippen LogP contribution in [0.1, 0.15) is 128 Å². The zero-order valence-electron chi connectivity index (χ0n) is 44.1. The van der Waals surface area contributed by atoms with Crippen LogP contribution in [0.25, 0.3) is 0 Å². The molecule has 9 rings (SSSR count). The van der Waals surface area contributed by atoms with Gasteiger partial charge in [0, 0.05) is 103 Å². The number of carbonyl (C=O) groups is 10. The van der Waals surface area contributed by atoms with Crippen LogP contribution >= 0.6 is 15.9 Å². The maximum atomic E-state index is 12.7. The van der Waals surface area contributed by atoms with Crippen LogP contribution in [0.3, 0.4) is 0 Å². The molecule has 6 heterocycles. The highest BCUT2D eigenvalue weighted by Crippen LogP contribution is 2.35. The van der Waals surface area contributed by atoms with Crippen LogP contribution in [0.4, 0.5) is 17.1 Å². The van der Waals surface area contributed by atoms with Crippen molar-refractivity contribution in [3.63, 3.8) is 0 Å². The normalized spacial score (nSPS) is 18.9. The Bertz CT molecular complexity index is 2890. The minimum absolute atomic E-state index is 0.120. The second-order valence-corrected chi connectivity index (χ2v) is 20.8. The molecule has 25 heteroatoms. The van der Waals surface area contributed by atoms with Gasteiger partial charge in [-0.2, -0.15) is 19.2 Å². The SMILES string of the molecule is CC(C)(C)CNc1cccc2c1CN(C1CCC(=O)NC1=O)C2=O.CC(C)(C)OC(=O)CBr.CNc1cccc2c1CN(C1CCC(=O)NC1=O)C2=O.Nc1cccc2c1CN(C1CCC(=O)NC1=O)C2=O.O=C=O.O=C=O. The lowest BCUT2D eigenvalue weighted by Crippen LogP contribution is -2.52. The number of nitrogen functional groups attached to an aromatic ring is 1. The Morgan fingerprint density at radius 3 is 1.27 bits per heavy atom. The molecular formula is C53H62BrN9O15. The first-order valence-corrected chi connectivity index (χ1v) is 25.6. The smallest absolute Gasteiger partial charge is 0.373 e. The van der Waals surface area contributed by atoms with Crippen LogP contribution in [0.5, 0.6) is 0 Å². The van der Waals surface area contributed by atoms with Crippen molar-refractivity contribution < 1.29 is 71.9 Å². The molecule has 3 saturated heterocycles. The quantitative estimate of drug-likeness (QED) is 0.0857. The van der Waals surface area contributed by atoms with E-state index in [1.165, 1.54) is 4.90 Å². The van der Waals surface area contributed by atoms with E-state index in [4.69, 9.17) is 29.6 Å². The lowest BCUT2D eigenvalue weighted by molar-refractivity contribution is -0.193. The number of hydrogen-bond acceptors (Lipinski definition) is 18. The first kappa shape index (κ1) is 62.1. The third-order valence-corrected chi connectivity index (χ3v) is 12.8. The molecular weight excluding hydrogens is 1080 g/mol. The molecule has 24 nitrogen and oxygen atoms in total. The lowest BCUT2D eigenvalue weighted by Gasteiger charge is -2.29. The number of rotatable bonds is 7. The maximum absolute atomic E-state index is 12.7. The molecule has 9 amide bonds. The summed E-state index contributed by atoms with van der Waals surface area (Å²) in [7, 11) is 1.80. The summed E-state index contributed by atoms with van der Waals surface area (Å²) in [6.45, 7) is 13.9. The average Bonchev–Trinajstić information content (AvgIpc) is 4.01. The number of fused-ring (bicyclic) bond motifs is 3. The molecule has 0 spiro atoms. The van der Waals surface area contributed by atoms with Crippen LogP contribution in [0, 0.1) is 5.41 Å². The molecule has 0 aromatic heterocycles. The molecule has 0 saturated carbocycles. The second kappa shape index (κ2) is 27.6. The van der Waals surface area contributed by atoms with Crippen LogP contribution in [0.15, 0.2) is 54.6 Å². The van der Waals surface area contributed by atoms with E-state index in [1.807, 2.05) is 45.0 Å². The topological polar surface area (TPSA) is 344 Å². The summed E-state index contributed by atoms with van der Waals surface area (Å²) in [5.41, 5.74) is 12.4. The van der Waals surface area contributed by atoms with Gasteiger partial charge in [0.2, 0.25) is 35.4 Å². The van der Waals surface area contributed by atoms with Gasteiger partial charge >= 0.3 is 18.3 Å². The summed E-state index contributed by atoms with van der Waals surface area (Å²) in [5.74, 6) is -2.70. The molecule has 3 fully saturated rings. The minimum atomic E-state index is -0.586. The van der Waals surface area contributed by atoms with E-state index in [0.717, 1.165) is 34.6 Å². The molecule has 6 aliphatic heterocycles. The highest BCUT2D eigenvalue weighted by molar-refractivity contribution is 9.09. The van der Waals surface area contributed by atoms with Crippen molar-refractivity contribution in [2.24, 2.45) is 5.41 Å². The van der Waals surface area contributed by atoms with Crippen LogP contribution in [0.2, 0.25) is 0 Å². The summed E-state index contributed by atoms with van der Waals surface area (Å²) in [6, 6.07) is 14.6. The Balaban J connectivity index is 0.000000225. The third-order valence-electron chi connectivity index (χ3n) is 12.4. The number of nitrogens with zero attached hydrogens (tertiary/aromatic N) is 3. The van der Waals surface area contributed by atoms with Gasteiger partial charge in [-0.1, -0.05) is 54.9 Å². The minimum Gasteiger partial charge on any atom is -0.459 e. The number of esters is 1. The van der Waals surface area contributed by atoms with Crippen LogP contribution < -0.4 is 32.3 Å².